The molecule has 2 aromatic rings. The second-order valence-corrected chi connectivity index (χ2v) is 5.51. The van der Waals surface area contributed by atoms with Crippen molar-refractivity contribution in [1.29, 1.82) is 0 Å². The van der Waals surface area contributed by atoms with Crippen molar-refractivity contribution in [2.75, 3.05) is 7.11 Å². The van der Waals surface area contributed by atoms with Crippen LogP contribution in [0.2, 0.25) is 0 Å². The zero-order valence-corrected chi connectivity index (χ0v) is 14.4. The number of carbonyl (C=O) groups is 1. The monoisotopic (exact) mass is 397 g/mol. The number of ether oxygens (including phenoxy) is 1. The quantitative estimate of drug-likeness (QED) is 0.442. The number of nitro groups is 1. The fraction of sp³-hybridized carbons (Fsp3) is 0.176. The molecule has 0 heterocycles. The van der Waals surface area contributed by atoms with Crippen LogP contribution in [0.3, 0.4) is 0 Å². The molecule has 0 unspecified atom stereocenters. The highest BCUT2D eigenvalue weighted by molar-refractivity contribution is 5.87. The van der Waals surface area contributed by atoms with Gasteiger partial charge in [0.2, 0.25) is 5.91 Å². The van der Waals surface area contributed by atoms with Crippen LogP contribution >= 0.6 is 0 Å². The normalized spacial score (nSPS) is 11.4. The van der Waals surface area contributed by atoms with Gasteiger partial charge >= 0.3 is 6.18 Å². The van der Waals surface area contributed by atoms with Crippen molar-refractivity contribution < 1.29 is 32.7 Å². The Morgan fingerprint density at radius 2 is 2.07 bits per heavy atom. The molecule has 0 radical (unpaired) electrons. The Labute approximate surface area is 156 Å². The van der Waals surface area contributed by atoms with Gasteiger partial charge in [-0.1, -0.05) is 18.2 Å². The number of non-ortho nitro benzene ring substituents is 1. The summed E-state index contributed by atoms with van der Waals surface area (Å²) in [6.45, 7) is 0. The molecule has 0 saturated heterocycles. The number of hydrogen-bond acceptors (Lipinski definition) is 6. The standard InChI is InChI=1S/C17H14F3N3O5/c1-28-14-8-13(23(26)27)7-11(16(14)25)9-21-22-15(24)6-10-3-2-4-12(5-10)17(18,19)20/h2-5,7-9,25H,6H2,1H3,(H,22,24)/b21-9-. The summed E-state index contributed by atoms with van der Waals surface area (Å²) in [4.78, 5) is 22.0. The number of hydrazone groups is 1. The first-order valence-electron chi connectivity index (χ1n) is 7.65. The first-order valence-corrected chi connectivity index (χ1v) is 7.65. The summed E-state index contributed by atoms with van der Waals surface area (Å²) < 4.78 is 42.9. The molecule has 2 N–H and O–H groups in total. The number of rotatable bonds is 6. The zero-order chi connectivity index (χ0) is 20.9. The number of phenols is 1. The van der Waals surface area contributed by atoms with Gasteiger partial charge in [-0.3, -0.25) is 14.9 Å². The maximum absolute atomic E-state index is 12.7. The molecule has 0 aliphatic carbocycles. The number of carbonyl (C=O) groups excluding carboxylic acids is 1. The minimum absolute atomic E-state index is 0.0922. The average molecular weight is 397 g/mol. The zero-order valence-electron chi connectivity index (χ0n) is 14.4. The summed E-state index contributed by atoms with van der Waals surface area (Å²) in [6.07, 6.45) is -3.94. The number of hydrogen-bond donors (Lipinski definition) is 2. The summed E-state index contributed by atoms with van der Waals surface area (Å²) in [5.74, 6) is -1.30. The lowest BCUT2D eigenvalue weighted by atomic mass is 10.1. The van der Waals surface area contributed by atoms with Crippen LogP contribution in [0, 0.1) is 10.1 Å². The van der Waals surface area contributed by atoms with E-state index in [-0.39, 0.29) is 29.0 Å². The van der Waals surface area contributed by atoms with Crippen molar-refractivity contribution >= 4 is 17.8 Å². The smallest absolute Gasteiger partial charge is 0.416 e. The van der Waals surface area contributed by atoms with Crippen molar-refractivity contribution in [1.82, 2.24) is 5.43 Å². The third-order valence-corrected chi connectivity index (χ3v) is 3.53. The third-order valence-electron chi connectivity index (χ3n) is 3.53. The lowest BCUT2D eigenvalue weighted by Gasteiger charge is -2.08. The highest BCUT2D eigenvalue weighted by Crippen LogP contribution is 2.33. The lowest BCUT2D eigenvalue weighted by Crippen LogP contribution is -2.20. The Morgan fingerprint density at radius 3 is 2.68 bits per heavy atom. The van der Waals surface area contributed by atoms with Gasteiger partial charge in [0, 0.05) is 11.6 Å². The van der Waals surface area contributed by atoms with Crippen molar-refractivity contribution in [3.05, 3.63) is 63.2 Å². The van der Waals surface area contributed by atoms with Gasteiger partial charge in [0.15, 0.2) is 11.5 Å². The van der Waals surface area contributed by atoms with Gasteiger partial charge in [-0.25, -0.2) is 5.43 Å². The van der Waals surface area contributed by atoms with E-state index in [0.717, 1.165) is 30.5 Å². The second kappa shape index (κ2) is 8.37. The van der Waals surface area contributed by atoms with Crippen LogP contribution in [0.4, 0.5) is 18.9 Å². The van der Waals surface area contributed by atoms with E-state index in [1.807, 2.05) is 0 Å². The van der Waals surface area contributed by atoms with Gasteiger partial charge < -0.3 is 9.84 Å². The number of alkyl halides is 3. The minimum atomic E-state index is -4.52. The topological polar surface area (TPSA) is 114 Å². The molecule has 0 bridgehead atoms. The first-order chi connectivity index (χ1) is 13.1. The Balaban J connectivity index is 2.10. The van der Waals surface area contributed by atoms with Crippen LogP contribution in [0.5, 0.6) is 11.5 Å². The fourth-order valence-corrected chi connectivity index (χ4v) is 2.23. The van der Waals surface area contributed by atoms with E-state index in [1.54, 1.807) is 0 Å². The summed E-state index contributed by atoms with van der Waals surface area (Å²) in [5, 5.41) is 24.4. The Morgan fingerprint density at radius 1 is 1.36 bits per heavy atom. The molecule has 2 rings (SSSR count). The maximum Gasteiger partial charge on any atom is 0.416 e. The van der Waals surface area contributed by atoms with Crippen molar-refractivity contribution in [2.45, 2.75) is 12.6 Å². The van der Waals surface area contributed by atoms with Gasteiger partial charge in [-0.2, -0.15) is 18.3 Å². The molecular formula is C17H14F3N3O5. The van der Waals surface area contributed by atoms with Crippen LogP contribution in [0.25, 0.3) is 0 Å². The van der Waals surface area contributed by atoms with Gasteiger partial charge in [0.1, 0.15) is 0 Å². The van der Waals surface area contributed by atoms with Crippen molar-refractivity contribution in [3.8, 4) is 11.5 Å². The number of methoxy groups -OCH3 is 1. The SMILES string of the molecule is COc1cc([N+](=O)[O-])cc(/C=N\NC(=O)Cc2cccc(C(F)(F)F)c2)c1O. The molecule has 0 aromatic heterocycles. The predicted molar refractivity (Wildman–Crippen MR) is 92.2 cm³/mol. The molecule has 28 heavy (non-hydrogen) atoms. The van der Waals surface area contributed by atoms with E-state index in [4.69, 9.17) is 4.74 Å². The minimum Gasteiger partial charge on any atom is -0.504 e. The molecular weight excluding hydrogens is 383 g/mol. The maximum atomic E-state index is 12.7. The number of nitrogens with one attached hydrogen (secondary N) is 1. The molecule has 0 aliphatic rings. The summed E-state index contributed by atoms with van der Waals surface area (Å²) >= 11 is 0. The van der Waals surface area contributed by atoms with Crippen LogP contribution in [-0.4, -0.2) is 29.3 Å². The van der Waals surface area contributed by atoms with Crippen LogP contribution in [-0.2, 0) is 17.4 Å². The van der Waals surface area contributed by atoms with Gasteiger partial charge in [0.25, 0.3) is 5.69 Å². The first kappa shape index (κ1) is 20.7. The Hall–Kier alpha value is -3.63. The Kier molecular flexibility index (Phi) is 6.18. The van der Waals surface area contributed by atoms with E-state index in [1.165, 1.54) is 19.2 Å². The molecule has 1 amide bonds. The number of benzene rings is 2. The van der Waals surface area contributed by atoms with Crippen LogP contribution in [0.15, 0.2) is 41.5 Å². The number of halogens is 3. The van der Waals surface area contributed by atoms with E-state index < -0.39 is 28.3 Å². The van der Waals surface area contributed by atoms with Gasteiger partial charge in [0.05, 0.1) is 36.3 Å². The molecule has 8 nitrogen and oxygen atoms in total. The van der Waals surface area contributed by atoms with Crippen LogP contribution < -0.4 is 10.2 Å². The number of phenolic OH excluding ortho intramolecular Hbond substituents is 1. The molecule has 148 valence electrons. The molecule has 0 spiro atoms. The lowest BCUT2D eigenvalue weighted by molar-refractivity contribution is -0.385. The highest BCUT2D eigenvalue weighted by atomic mass is 19.4. The molecule has 0 aliphatic heterocycles. The largest absolute Gasteiger partial charge is 0.504 e. The fourth-order valence-electron chi connectivity index (χ4n) is 2.23. The third kappa shape index (κ3) is 5.19. The van der Waals surface area contributed by atoms with Crippen LogP contribution in [0.1, 0.15) is 16.7 Å². The Bertz CT molecular complexity index is 929. The summed E-state index contributed by atoms with van der Waals surface area (Å²) in [7, 11) is 1.20. The number of amides is 1. The molecule has 0 fully saturated rings. The summed E-state index contributed by atoms with van der Waals surface area (Å²) in [6, 6.07) is 6.30. The molecule has 0 atom stereocenters. The number of nitro benzene ring substituents is 1. The molecule has 0 saturated carbocycles. The molecule has 11 heteroatoms. The van der Waals surface area contributed by atoms with Crippen molar-refractivity contribution in [3.63, 3.8) is 0 Å². The highest BCUT2D eigenvalue weighted by Gasteiger charge is 2.30. The van der Waals surface area contributed by atoms with E-state index >= 15 is 0 Å². The summed E-state index contributed by atoms with van der Waals surface area (Å²) in [5.41, 5.74) is 0.865. The van der Waals surface area contributed by atoms with Crippen molar-refractivity contribution in [2.24, 2.45) is 5.10 Å². The van der Waals surface area contributed by atoms with Gasteiger partial charge in [-0.15, -0.1) is 0 Å². The average Bonchev–Trinajstić information content (AvgIpc) is 2.62. The molecule has 2 aromatic carbocycles. The van der Waals surface area contributed by atoms with E-state index in [0.29, 0.717) is 0 Å². The van der Waals surface area contributed by atoms with E-state index in [2.05, 4.69) is 10.5 Å². The van der Waals surface area contributed by atoms with E-state index in [9.17, 15) is 33.2 Å². The number of aromatic hydroxyl groups is 1. The van der Waals surface area contributed by atoms with Gasteiger partial charge in [-0.05, 0) is 11.6 Å². The second-order valence-electron chi connectivity index (χ2n) is 5.51. The number of nitrogens with zero attached hydrogens (tertiary/aromatic N) is 2. The predicted octanol–water partition coefficient (Wildman–Crippen LogP) is 3.02.